The largest absolute Gasteiger partial charge is 0.355 e. The highest BCUT2D eigenvalue weighted by atomic mass is 32.1. The standard InChI is InChI=1S/C14H9N3S2.C8H17N/c1-2-13-12(16-8-19-13)7-9(1)17-11-3-5-15-14-10(11)4-6-18-14;1-4-9-7-5-6-8(9,2)3/h1-8H,(H,15,17);4-7H2,1-3H3. The van der Waals surface area contributed by atoms with Crippen molar-refractivity contribution in [3.05, 3.63) is 47.4 Å². The van der Waals surface area contributed by atoms with Gasteiger partial charge in [-0.05, 0) is 75.5 Å². The van der Waals surface area contributed by atoms with E-state index in [1.165, 1.54) is 30.6 Å². The Morgan fingerprint density at radius 1 is 1.14 bits per heavy atom. The highest BCUT2D eigenvalue weighted by molar-refractivity contribution is 7.17. The summed E-state index contributed by atoms with van der Waals surface area (Å²) in [5, 5.41) is 6.67. The van der Waals surface area contributed by atoms with Crippen molar-refractivity contribution >= 4 is 54.5 Å². The highest BCUT2D eigenvalue weighted by Gasteiger charge is 2.29. The molecule has 5 rings (SSSR count). The van der Waals surface area contributed by atoms with Crippen molar-refractivity contribution in [3.8, 4) is 0 Å². The molecule has 0 amide bonds. The van der Waals surface area contributed by atoms with Crippen LogP contribution in [0.5, 0.6) is 0 Å². The molecule has 0 bridgehead atoms. The number of anilines is 2. The van der Waals surface area contributed by atoms with Gasteiger partial charge in [-0.3, -0.25) is 4.90 Å². The van der Waals surface area contributed by atoms with Gasteiger partial charge in [0.1, 0.15) is 4.83 Å². The summed E-state index contributed by atoms with van der Waals surface area (Å²) < 4.78 is 1.21. The molecule has 1 fully saturated rings. The number of hydrogen-bond donors (Lipinski definition) is 1. The quantitative estimate of drug-likeness (QED) is 0.417. The summed E-state index contributed by atoms with van der Waals surface area (Å²) >= 11 is 3.31. The van der Waals surface area contributed by atoms with E-state index in [4.69, 9.17) is 0 Å². The van der Waals surface area contributed by atoms with Gasteiger partial charge in [0.25, 0.3) is 0 Å². The first-order chi connectivity index (χ1) is 13.6. The molecular formula is C22H26N4S2. The molecule has 0 atom stereocenters. The minimum absolute atomic E-state index is 0.495. The number of fused-ring (bicyclic) bond motifs is 2. The molecule has 4 aromatic rings. The lowest BCUT2D eigenvalue weighted by atomic mass is 10.0. The number of nitrogens with zero attached hydrogens (tertiary/aromatic N) is 3. The zero-order valence-electron chi connectivity index (χ0n) is 16.6. The first-order valence-corrected chi connectivity index (χ1v) is 11.5. The molecule has 1 aliphatic rings. The molecule has 0 saturated carbocycles. The summed E-state index contributed by atoms with van der Waals surface area (Å²) in [5.41, 5.74) is 5.54. The Morgan fingerprint density at radius 3 is 2.79 bits per heavy atom. The van der Waals surface area contributed by atoms with Gasteiger partial charge < -0.3 is 5.32 Å². The number of thiophene rings is 1. The minimum Gasteiger partial charge on any atom is -0.355 e. The van der Waals surface area contributed by atoms with Crippen LogP contribution in [0.3, 0.4) is 0 Å². The molecule has 0 radical (unpaired) electrons. The number of thiazole rings is 1. The fourth-order valence-electron chi connectivity index (χ4n) is 3.83. The molecule has 146 valence electrons. The van der Waals surface area contributed by atoms with Gasteiger partial charge in [-0.1, -0.05) is 6.92 Å². The topological polar surface area (TPSA) is 41.0 Å². The van der Waals surface area contributed by atoms with Gasteiger partial charge in [0.15, 0.2) is 0 Å². The number of rotatable bonds is 3. The average molecular weight is 411 g/mol. The molecule has 0 unspecified atom stereocenters. The Labute approximate surface area is 174 Å². The molecule has 4 nitrogen and oxygen atoms in total. The minimum atomic E-state index is 0.495. The van der Waals surface area contributed by atoms with E-state index in [9.17, 15) is 0 Å². The molecule has 6 heteroatoms. The number of hydrogen-bond acceptors (Lipinski definition) is 6. The number of benzene rings is 1. The highest BCUT2D eigenvalue weighted by Crippen LogP contribution is 2.30. The normalized spacial score (nSPS) is 16.2. The number of likely N-dealkylation sites (tertiary alicyclic amines) is 1. The summed E-state index contributed by atoms with van der Waals surface area (Å²) in [5.74, 6) is 0. The number of pyridine rings is 1. The smallest absolute Gasteiger partial charge is 0.125 e. The maximum absolute atomic E-state index is 4.35. The van der Waals surface area contributed by atoms with E-state index in [1.54, 1.807) is 22.7 Å². The molecule has 1 aromatic carbocycles. The van der Waals surface area contributed by atoms with E-state index in [-0.39, 0.29) is 0 Å². The zero-order chi connectivity index (χ0) is 19.6. The van der Waals surface area contributed by atoms with Crippen LogP contribution in [0.1, 0.15) is 33.6 Å². The van der Waals surface area contributed by atoms with E-state index in [1.807, 2.05) is 17.8 Å². The van der Waals surface area contributed by atoms with Gasteiger partial charge in [-0.15, -0.1) is 22.7 Å². The Balaban J connectivity index is 0.000000181. The van der Waals surface area contributed by atoms with E-state index < -0.39 is 0 Å². The lowest BCUT2D eigenvalue weighted by Crippen LogP contribution is -2.37. The Bertz CT molecular complexity index is 1070. The maximum Gasteiger partial charge on any atom is 0.125 e. The predicted octanol–water partition coefficient (Wildman–Crippen LogP) is 6.53. The molecular weight excluding hydrogens is 384 g/mol. The lowest BCUT2D eigenvalue weighted by Gasteiger charge is -2.29. The van der Waals surface area contributed by atoms with Crippen LogP contribution in [0.2, 0.25) is 0 Å². The Hall–Kier alpha value is -2.02. The third kappa shape index (κ3) is 4.04. The molecule has 4 heterocycles. The van der Waals surface area contributed by atoms with Crippen molar-refractivity contribution in [3.63, 3.8) is 0 Å². The molecule has 1 aliphatic heterocycles. The average Bonchev–Trinajstić information content (AvgIpc) is 3.40. The summed E-state index contributed by atoms with van der Waals surface area (Å²) in [7, 11) is 0. The van der Waals surface area contributed by atoms with Crippen molar-refractivity contribution in [1.29, 1.82) is 0 Å². The Kier molecular flexibility index (Phi) is 5.62. The summed E-state index contributed by atoms with van der Waals surface area (Å²) in [6.45, 7) is 9.44. The monoisotopic (exact) mass is 410 g/mol. The van der Waals surface area contributed by atoms with Crippen molar-refractivity contribution < 1.29 is 0 Å². The summed E-state index contributed by atoms with van der Waals surface area (Å²) in [4.78, 5) is 12.3. The van der Waals surface area contributed by atoms with Crippen LogP contribution >= 0.6 is 22.7 Å². The van der Waals surface area contributed by atoms with Crippen LogP contribution in [0.4, 0.5) is 11.4 Å². The zero-order valence-corrected chi connectivity index (χ0v) is 18.2. The van der Waals surface area contributed by atoms with Gasteiger partial charge in [0.2, 0.25) is 0 Å². The Morgan fingerprint density at radius 2 is 2.04 bits per heavy atom. The van der Waals surface area contributed by atoms with E-state index in [0.29, 0.717) is 5.54 Å². The van der Waals surface area contributed by atoms with Crippen LogP contribution in [0.25, 0.3) is 20.4 Å². The molecule has 28 heavy (non-hydrogen) atoms. The van der Waals surface area contributed by atoms with Gasteiger partial charge in [0.05, 0.1) is 21.4 Å². The van der Waals surface area contributed by atoms with Crippen molar-refractivity contribution in [2.75, 3.05) is 18.4 Å². The van der Waals surface area contributed by atoms with Crippen LogP contribution < -0.4 is 5.32 Å². The first-order valence-electron chi connectivity index (χ1n) is 9.74. The number of aromatic nitrogens is 2. The number of nitrogens with one attached hydrogen (secondary N) is 1. The third-order valence-electron chi connectivity index (χ3n) is 5.43. The van der Waals surface area contributed by atoms with Gasteiger partial charge in [-0.25, -0.2) is 9.97 Å². The summed E-state index contributed by atoms with van der Waals surface area (Å²) in [6.07, 6.45) is 4.60. The SMILES string of the molecule is CCN1CCCC1(C)C.c1cc(Nc2ccc3scnc3c2)c2ccsc2n1. The molecule has 0 spiro atoms. The molecule has 1 saturated heterocycles. The van der Waals surface area contributed by atoms with Gasteiger partial charge >= 0.3 is 0 Å². The van der Waals surface area contributed by atoms with Crippen LogP contribution in [0, 0.1) is 0 Å². The van der Waals surface area contributed by atoms with Crippen molar-refractivity contribution in [2.24, 2.45) is 0 Å². The second-order valence-electron chi connectivity index (χ2n) is 7.65. The fraction of sp³-hybridized carbons (Fsp3) is 0.364. The molecule has 3 aromatic heterocycles. The maximum atomic E-state index is 4.35. The van der Waals surface area contributed by atoms with Crippen LogP contribution in [0.15, 0.2) is 47.4 Å². The van der Waals surface area contributed by atoms with Gasteiger partial charge in [0, 0.05) is 22.8 Å². The lowest BCUT2D eigenvalue weighted by molar-refractivity contribution is 0.185. The van der Waals surface area contributed by atoms with Gasteiger partial charge in [-0.2, -0.15) is 0 Å². The van der Waals surface area contributed by atoms with E-state index in [2.05, 4.69) is 70.6 Å². The van der Waals surface area contributed by atoms with E-state index >= 15 is 0 Å². The van der Waals surface area contributed by atoms with E-state index in [0.717, 1.165) is 27.1 Å². The third-order valence-corrected chi connectivity index (χ3v) is 7.06. The molecule has 0 aliphatic carbocycles. The molecule has 1 N–H and O–H groups in total. The second-order valence-corrected chi connectivity index (χ2v) is 9.43. The van der Waals surface area contributed by atoms with Crippen LogP contribution in [-0.4, -0.2) is 33.5 Å². The first kappa shape index (κ1) is 19.3. The summed E-state index contributed by atoms with van der Waals surface area (Å²) in [6, 6.07) is 10.3. The van der Waals surface area contributed by atoms with Crippen LogP contribution in [-0.2, 0) is 0 Å². The second kappa shape index (κ2) is 8.15. The fourth-order valence-corrected chi connectivity index (χ4v) is 5.24. The van der Waals surface area contributed by atoms with Crippen molar-refractivity contribution in [1.82, 2.24) is 14.9 Å². The predicted molar refractivity (Wildman–Crippen MR) is 123 cm³/mol. The van der Waals surface area contributed by atoms with Crippen molar-refractivity contribution in [2.45, 2.75) is 39.2 Å².